The highest BCUT2D eigenvalue weighted by molar-refractivity contribution is 5.60. The third-order valence-corrected chi connectivity index (χ3v) is 5.62. The Labute approximate surface area is 156 Å². The number of aromatic amines is 1. The number of rotatable bonds is 3. The maximum absolute atomic E-state index is 4.93. The molecule has 1 saturated carbocycles. The molecule has 7 heteroatoms. The number of pyridine rings is 1. The van der Waals surface area contributed by atoms with Crippen molar-refractivity contribution in [2.75, 3.05) is 11.4 Å². The van der Waals surface area contributed by atoms with Gasteiger partial charge in [-0.25, -0.2) is 14.5 Å². The summed E-state index contributed by atoms with van der Waals surface area (Å²) in [5.74, 6) is 1.54. The first-order valence-electron chi connectivity index (χ1n) is 9.41. The van der Waals surface area contributed by atoms with Gasteiger partial charge in [0.05, 0.1) is 29.4 Å². The van der Waals surface area contributed by atoms with Crippen LogP contribution in [0.4, 0.5) is 5.82 Å². The zero-order valence-electron chi connectivity index (χ0n) is 14.8. The van der Waals surface area contributed by atoms with Crippen LogP contribution in [0.2, 0.25) is 0 Å². The number of H-pyrrole nitrogens is 1. The number of nitrogens with one attached hydrogen (secondary N) is 1. The number of hydrogen-bond acceptors (Lipinski definition) is 5. The van der Waals surface area contributed by atoms with Gasteiger partial charge < -0.3 is 9.88 Å². The van der Waals surface area contributed by atoms with E-state index in [9.17, 15) is 0 Å². The van der Waals surface area contributed by atoms with Crippen molar-refractivity contribution < 1.29 is 0 Å². The molecule has 0 saturated heterocycles. The molecule has 6 rings (SSSR count). The molecule has 1 atom stereocenters. The Bertz CT molecular complexity index is 1110. The van der Waals surface area contributed by atoms with Crippen LogP contribution >= 0.6 is 0 Å². The quantitative estimate of drug-likeness (QED) is 0.610. The summed E-state index contributed by atoms with van der Waals surface area (Å²) in [6.45, 7) is 0.849. The topological polar surface area (TPSA) is 75.0 Å². The Morgan fingerprint density at radius 1 is 1.15 bits per heavy atom. The van der Waals surface area contributed by atoms with Gasteiger partial charge in [-0.1, -0.05) is 6.07 Å². The third-order valence-electron chi connectivity index (χ3n) is 5.62. The SMILES string of the molecule is c1cc(C2CC2)c2cc([C@H]3c4nc[nH]c4CCN3c3cnccn3)nn2c1. The summed E-state index contributed by atoms with van der Waals surface area (Å²) in [6, 6.07) is 6.49. The van der Waals surface area contributed by atoms with Crippen molar-refractivity contribution in [1.82, 2.24) is 29.5 Å². The Morgan fingerprint density at radius 2 is 2.11 bits per heavy atom. The van der Waals surface area contributed by atoms with Crippen LogP contribution in [0.25, 0.3) is 5.52 Å². The van der Waals surface area contributed by atoms with Crippen LogP contribution in [0.1, 0.15) is 47.4 Å². The lowest BCUT2D eigenvalue weighted by Crippen LogP contribution is -2.37. The molecular formula is C20H19N7. The predicted molar refractivity (Wildman–Crippen MR) is 101 cm³/mol. The molecule has 1 fully saturated rings. The molecule has 0 spiro atoms. The Hall–Kier alpha value is -3.22. The van der Waals surface area contributed by atoms with E-state index >= 15 is 0 Å². The molecule has 0 aromatic carbocycles. The molecule has 4 aromatic rings. The molecule has 4 aromatic heterocycles. The number of anilines is 1. The number of fused-ring (bicyclic) bond motifs is 2. The summed E-state index contributed by atoms with van der Waals surface area (Å²) >= 11 is 0. The highest BCUT2D eigenvalue weighted by Crippen LogP contribution is 2.43. The minimum Gasteiger partial charge on any atom is -0.348 e. The van der Waals surface area contributed by atoms with Gasteiger partial charge in [-0.2, -0.15) is 5.10 Å². The van der Waals surface area contributed by atoms with Crippen LogP contribution in [0, 0.1) is 0 Å². The summed E-state index contributed by atoms with van der Waals surface area (Å²) in [5.41, 5.74) is 5.82. The molecule has 1 N–H and O–H groups in total. The first kappa shape index (κ1) is 14.9. The van der Waals surface area contributed by atoms with Gasteiger partial charge in [-0.05, 0) is 36.5 Å². The van der Waals surface area contributed by atoms with E-state index in [-0.39, 0.29) is 6.04 Å². The first-order chi connectivity index (χ1) is 13.4. The van der Waals surface area contributed by atoms with Gasteiger partial charge in [0.1, 0.15) is 11.9 Å². The highest BCUT2D eigenvalue weighted by atomic mass is 15.3. The maximum atomic E-state index is 4.93. The van der Waals surface area contributed by atoms with E-state index in [0.717, 1.165) is 30.2 Å². The minimum atomic E-state index is -0.0661. The summed E-state index contributed by atoms with van der Waals surface area (Å²) in [6.07, 6.45) is 12.5. The van der Waals surface area contributed by atoms with Crippen molar-refractivity contribution >= 4 is 11.3 Å². The zero-order chi connectivity index (χ0) is 17.8. The van der Waals surface area contributed by atoms with E-state index in [4.69, 9.17) is 5.10 Å². The van der Waals surface area contributed by atoms with Gasteiger partial charge in [0.25, 0.3) is 0 Å². The average Bonchev–Trinajstić information content (AvgIpc) is 3.28. The van der Waals surface area contributed by atoms with E-state index < -0.39 is 0 Å². The molecule has 1 aliphatic heterocycles. The summed E-state index contributed by atoms with van der Waals surface area (Å²) in [4.78, 5) is 19.0. The van der Waals surface area contributed by atoms with Crippen LogP contribution in [0.15, 0.2) is 49.3 Å². The van der Waals surface area contributed by atoms with Gasteiger partial charge in [-0.15, -0.1) is 0 Å². The van der Waals surface area contributed by atoms with Crippen molar-refractivity contribution in [2.24, 2.45) is 0 Å². The third kappa shape index (κ3) is 2.34. The molecule has 0 unspecified atom stereocenters. The van der Waals surface area contributed by atoms with E-state index in [0.29, 0.717) is 5.92 Å². The molecule has 0 amide bonds. The lowest BCUT2D eigenvalue weighted by molar-refractivity contribution is 0.609. The summed E-state index contributed by atoms with van der Waals surface area (Å²) in [7, 11) is 0. The van der Waals surface area contributed by atoms with Crippen molar-refractivity contribution in [3.8, 4) is 0 Å². The van der Waals surface area contributed by atoms with Crippen LogP contribution in [-0.2, 0) is 6.42 Å². The Balaban J connectivity index is 1.52. The summed E-state index contributed by atoms with van der Waals surface area (Å²) in [5, 5.41) is 4.93. The normalized spacial score (nSPS) is 19.4. The number of aromatic nitrogens is 6. The number of hydrogen-bond donors (Lipinski definition) is 1. The number of imidazole rings is 1. The fourth-order valence-corrected chi connectivity index (χ4v) is 4.19. The predicted octanol–water partition coefficient (Wildman–Crippen LogP) is 2.88. The molecular weight excluding hydrogens is 338 g/mol. The molecule has 1 aliphatic carbocycles. The second-order valence-electron chi connectivity index (χ2n) is 7.31. The average molecular weight is 357 g/mol. The zero-order valence-corrected chi connectivity index (χ0v) is 14.8. The summed E-state index contributed by atoms with van der Waals surface area (Å²) < 4.78 is 2.01. The van der Waals surface area contributed by atoms with Gasteiger partial charge in [0, 0.05) is 37.3 Å². The van der Waals surface area contributed by atoms with Crippen molar-refractivity contribution in [3.05, 3.63) is 72.0 Å². The van der Waals surface area contributed by atoms with E-state index in [1.54, 1.807) is 18.7 Å². The fourth-order valence-electron chi connectivity index (χ4n) is 4.19. The van der Waals surface area contributed by atoms with Gasteiger partial charge in [-0.3, -0.25) is 4.98 Å². The van der Waals surface area contributed by atoms with Gasteiger partial charge in [0.2, 0.25) is 0 Å². The molecule has 27 heavy (non-hydrogen) atoms. The molecule has 5 heterocycles. The number of nitrogens with zero attached hydrogens (tertiary/aromatic N) is 6. The molecule has 0 bridgehead atoms. The smallest absolute Gasteiger partial charge is 0.147 e. The molecule has 2 aliphatic rings. The lowest BCUT2D eigenvalue weighted by atomic mass is 9.99. The molecule has 7 nitrogen and oxygen atoms in total. The first-order valence-corrected chi connectivity index (χ1v) is 9.41. The van der Waals surface area contributed by atoms with Gasteiger partial charge in [0.15, 0.2) is 0 Å². The monoisotopic (exact) mass is 357 g/mol. The molecule has 134 valence electrons. The van der Waals surface area contributed by atoms with Crippen molar-refractivity contribution in [2.45, 2.75) is 31.2 Å². The fraction of sp³-hybridized carbons (Fsp3) is 0.300. The van der Waals surface area contributed by atoms with Crippen molar-refractivity contribution in [3.63, 3.8) is 0 Å². The maximum Gasteiger partial charge on any atom is 0.147 e. The van der Waals surface area contributed by atoms with Crippen molar-refractivity contribution in [1.29, 1.82) is 0 Å². The van der Waals surface area contributed by atoms with E-state index in [2.05, 4.69) is 43.0 Å². The van der Waals surface area contributed by atoms with Crippen LogP contribution in [0.3, 0.4) is 0 Å². The van der Waals surface area contributed by atoms with E-state index in [1.807, 2.05) is 16.9 Å². The Kier molecular flexibility index (Phi) is 3.11. The van der Waals surface area contributed by atoms with Crippen LogP contribution < -0.4 is 4.90 Å². The van der Waals surface area contributed by atoms with Gasteiger partial charge >= 0.3 is 0 Å². The molecule has 0 radical (unpaired) electrons. The minimum absolute atomic E-state index is 0.0661. The van der Waals surface area contributed by atoms with Crippen LogP contribution in [0.5, 0.6) is 0 Å². The highest BCUT2D eigenvalue weighted by Gasteiger charge is 2.34. The standard InChI is InChI=1S/C20H19N7/c1-2-14(13-3-4-13)17-10-16(25-27(17)8-1)20-19-15(23-12-24-19)5-9-26(20)18-11-21-6-7-22-18/h1-2,6-8,10-13,20H,3-5,9H2,(H,23,24)/t20-/m0/s1. The Morgan fingerprint density at radius 3 is 2.96 bits per heavy atom. The largest absolute Gasteiger partial charge is 0.348 e. The van der Waals surface area contributed by atoms with Crippen LogP contribution in [-0.4, -0.2) is 36.1 Å². The second-order valence-corrected chi connectivity index (χ2v) is 7.31. The van der Waals surface area contributed by atoms with E-state index in [1.165, 1.54) is 29.6 Å². The second kappa shape index (κ2) is 5.64. The lowest BCUT2D eigenvalue weighted by Gasteiger charge is -2.34.